The third kappa shape index (κ3) is 4.73. The van der Waals surface area contributed by atoms with Crippen LogP contribution in [0.3, 0.4) is 0 Å². The molecule has 0 spiro atoms. The highest BCUT2D eigenvalue weighted by Crippen LogP contribution is 2.52. The number of aromatic nitrogens is 4. The first kappa shape index (κ1) is 32.9. The lowest BCUT2D eigenvalue weighted by Crippen LogP contribution is -1.97. The fourth-order valence-corrected chi connectivity index (χ4v) is 9.84. The Hall–Kier alpha value is -8.08. The third-order valence-corrected chi connectivity index (χ3v) is 12.5. The van der Waals surface area contributed by atoms with Crippen molar-refractivity contribution in [1.82, 2.24) is 19.1 Å². The van der Waals surface area contributed by atoms with E-state index in [-0.39, 0.29) is 0 Å². The molecule has 9 aromatic carbocycles. The van der Waals surface area contributed by atoms with Gasteiger partial charge in [0, 0.05) is 60.3 Å². The average Bonchev–Trinajstić information content (AvgIpc) is 3.95. The van der Waals surface area contributed by atoms with Crippen molar-refractivity contribution < 1.29 is 0 Å². The van der Waals surface area contributed by atoms with Crippen molar-refractivity contribution >= 4 is 54.4 Å². The summed E-state index contributed by atoms with van der Waals surface area (Å²) in [6, 6.07) is 74.3. The van der Waals surface area contributed by atoms with Crippen LogP contribution in [0.4, 0.5) is 0 Å². The van der Waals surface area contributed by atoms with Crippen LogP contribution < -0.4 is 0 Å². The molecule has 4 nitrogen and oxygen atoms in total. The van der Waals surface area contributed by atoms with Crippen LogP contribution in [0, 0.1) is 0 Å². The van der Waals surface area contributed by atoms with E-state index < -0.39 is 0 Å². The van der Waals surface area contributed by atoms with E-state index in [0.29, 0.717) is 0 Å². The van der Waals surface area contributed by atoms with Gasteiger partial charge in [0.2, 0.25) is 0 Å². The van der Waals surface area contributed by atoms with Crippen LogP contribution in [-0.2, 0) is 0 Å². The van der Waals surface area contributed by atoms with Gasteiger partial charge in [-0.1, -0.05) is 158 Å². The van der Waals surface area contributed by atoms with Crippen molar-refractivity contribution in [3.63, 3.8) is 0 Å². The molecule has 0 N–H and O–H groups in total. The molecule has 3 aromatic heterocycles. The highest BCUT2D eigenvalue weighted by molar-refractivity contribution is 6.20. The van der Waals surface area contributed by atoms with Crippen molar-refractivity contribution in [3.05, 3.63) is 206 Å². The lowest BCUT2D eigenvalue weighted by atomic mass is 9.98. The van der Waals surface area contributed by atoms with Crippen LogP contribution in [0.15, 0.2) is 206 Å². The molecule has 0 bridgehead atoms. The van der Waals surface area contributed by atoms with Gasteiger partial charge < -0.3 is 9.13 Å². The second-order valence-electron chi connectivity index (χ2n) is 15.7. The molecule has 60 heavy (non-hydrogen) atoms. The molecule has 4 heteroatoms. The Labute approximate surface area is 345 Å². The SMILES string of the molecule is c1ccc(-c2nc(-c3ccccc3)c3c(n2)-c2cccc4c(-n5c6ccccc6c6ccc(-c7ccc8c(c7)c7ccccc7n8-c7ccccc7)cc65)ccc-3c24)cc1. The Morgan fingerprint density at radius 3 is 1.68 bits per heavy atom. The minimum Gasteiger partial charge on any atom is -0.309 e. The number of hydrogen-bond donors (Lipinski definition) is 0. The van der Waals surface area contributed by atoms with Gasteiger partial charge in [0.15, 0.2) is 5.82 Å². The summed E-state index contributed by atoms with van der Waals surface area (Å²) in [5.41, 5.74) is 16.9. The predicted octanol–water partition coefficient (Wildman–Crippen LogP) is 14.5. The molecule has 0 fully saturated rings. The molecule has 13 rings (SSSR count). The number of nitrogens with zero attached hydrogens (tertiary/aromatic N) is 4. The van der Waals surface area contributed by atoms with Crippen molar-refractivity contribution in [2.75, 3.05) is 0 Å². The fraction of sp³-hybridized carbons (Fsp3) is 0. The van der Waals surface area contributed by atoms with Gasteiger partial charge in [0.1, 0.15) is 0 Å². The molecule has 0 radical (unpaired) electrons. The molecule has 0 amide bonds. The van der Waals surface area contributed by atoms with Crippen LogP contribution in [0.1, 0.15) is 0 Å². The molecule has 1 aliphatic rings. The summed E-state index contributed by atoms with van der Waals surface area (Å²) in [6.07, 6.45) is 0. The number of para-hydroxylation sites is 3. The largest absolute Gasteiger partial charge is 0.309 e. The van der Waals surface area contributed by atoms with Gasteiger partial charge in [-0.3, -0.25) is 0 Å². The Balaban J connectivity index is 1.03. The normalized spacial score (nSPS) is 12.0. The van der Waals surface area contributed by atoms with E-state index in [0.717, 1.165) is 50.8 Å². The molecule has 3 heterocycles. The number of fused-ring (bicyclic) bond motifs is 9. The Morgan fingerprint density at radius 1 is 0.317 bits per heavy atom. The second-order valence-corrected chi connectivity index (χ2v) is 15.7. The number of hydrogen-bond acceptors (Lipinski definition) is 2. The number of rotatable bonds is 5. The molecular formula is C56H34N4. The van der Waals surface area contributed by atoms with E-state index in [4.69, 9.17) is 9.97 Å². The van der Waals surface area contributed by atoms with Gasteiger partial charge in [-0.2, -0.15) is 0 Å². The van der Waals surface area contributed by atoms with E-state index in [1.165, 1.54) is 71.1 Å². The van der Waals surface area contributed by atoms with Crippen molar-refractivity contribution in [2.45, 2.75) is 0 Å². The lowest BCUT2D eigenvalue weighted by Gasteiger charge is -2.14. The standard InChI is InChI=1S/C56H34N4/c1-4-15-35(16-5-1)54-53-44-30-32-49(43-23-14-24-45(52(43)44)55(53)58-56(57-54)36-17-6-2-7-18-36)60-48-26-13-10-21-40(48)42-29-27-38(34-51(42)60)37-28-31-50-46(33-37)41-22-11-12-25-47(41)59(50)39-19-8-3-9-20-39/h1-34H. The topological polar surface area (TPSA) is 35.6 Å². The van der Waals surface area contributed by atoms with E-state index in [9.17, 15) is 0 Å². The Kier molecular flexibility index (Phi) is 6.98. The first-order valence-electron chi connectivity index (χ1n) is 20.5. The smallest absolute Gasteiger partial charge is 0.160 e. The maximum Gasteiger partial charge on any atom is 0.160 e. The molecule has 12 aromatic rings. The highest BCUT2D eigenvalue weighted by Gasteiger charge is 2.30. The first-order valence-corrected chi connectivity index (χ1v) is 20.5. The van der Waals surface area contributed by atoms with Crippen molar-refractivity contribution in [2.24, 2.45) is 0 Å². The van der Waals surface area contributed by atoms with Gasteiger partial charge in [-0.25, -0.2) is 9.97 Å². The van der Waals surface area contributed by atoms with Gasteiger partial charge in [0.25, 0.3) is 0 Å². The first-order chi connectivity index (χ1) is 29.8. The van der Waals surface area contributed by atoms with Crippen LogP contribution in [0.2, 0.25) is 0 Å². The summed E-state index contributed by atoms with van der Waals surface area (Å²) in [5, 5.41) is 7.35. The van der Waals surface area contributed by atoms with E-state index >= 15 is 0 Å². The van der Waals surface area contributed by atoms with E-state index in [2.05, 4.69) is 209 Å². The molecule has 0 aliphatic heterocycles. The molecule has 278 valence electrons. The molecule has 0 saturated carbocycles. The Bertz CT molecular complexity index is 3690. The minimum absolute atomic E-state index is 0.732. The highest BCUT2D eigenvalue weighted by atomic mass is 15.0. The summed E-state index contributed by atoms with van der Waals surface area (Å²) >= 11 is 0. The van der Waals surface area contributed by atoms with E-state index in [1.54, 1.807) is 0 Å². The summed E-state index contributed by atoms with van der Waals surface area (Å²) in [6.45, 7) is 0. The molecule has 1 aliphatic carbocycles. The molecule has 0 atom stereocenters. The zero-order valence-corrected chi connectivity index (χ0v) is 32.4. The number of benzene rings is 9. The quantitative estimate of drug-likeness (QED) is 0.175. The van der Waals surface area contributed by atoms with Gasteiger partial charge >= 0.3 is 0 Å². The molecule has 0 unspecified atom stereocenters. The molecule has 0 saturated heterocycles. The minimum atomic E-state index is 0.732. The third-order valence-electron chi connectivity index (χ3n) is 12.5. The van der Waals surface area contributed by atoms with Crippen LogP contribution in [0.5, 0.6) is 0 Å². The predicted molar refractivity (Wildman–Crippen MR) is 249 cm³/mol. The monoisotopic (exact) mass is 762 g/mol. The van der Waals surface area contributed by atoms with E-state index in [1.807, 2.05) is 6.07 Å². The Morgan fingerprint density at radius 2 is 0.900 bits per heavy atom. The van der Waals surface area contributed by atoms with Crippen LogP contribution >= 0.6 is 0 Å². The maximum atomic E-state index is 5.33. The lowest BCUT2D eigenvalue weighted by molar-refractivity contribution is 1.18. The van der Waals surface area contributed by atoms with Crippen molar-refractivity contribution in [3.8, 4) is 67.5 Å². The zero-order valence-electron chi connectivity index (χ0n) is 32.4. The van der Waals surface area contributed by atoms with Crippen LogP contribution in [0.25, 0.3) is 122 Å². The van der Waals surface area contributed by atoms with Crippen molar-refractivity contribution in [1.29, 1.82) is 0 Å². The summed E-state index contributed by atoms with van der Waals surface area (Å²) in [4.78, 5) is 10.6. The van der Waals surface area contributed by atoms with Crippen LogP contribution in [-0.4, -0.2) is 19.1 Å². The molecular weight excluding hydrogens is 729 g/mol. The summed E-state index contributed by atoms with van der Waals surface area (Å²) < 4.78 is 4.85. The van der Waals surface area contributed by atoms with Gasteiger partial charge in [0.05, 0.1) is 39.1 Å². The van der Waals surface area contributed by atoms with Gasteiger partial charge in [-0.05, 0) is 65.2 Å². The summed E-state index contributed by atoms with van der Waals surface area (Å²) in [7, 11) is 0. The average molecular weight is 763 g/mol. The fourth-order valence-electron chi connectivity index (χ4n) is 9.84. The summed E-state index contributed by atoms with van der Waals surface area (Å²) in [5.74, 6) is 0.732. The zero-order chi connectivity index (χ0) is 39.3. The maximum absolute atomic E-state index is 5.33. The van der Waals surface area contributed by atoms with Gasteiger partial charge in [-0.15, -0.1) is 0 Å². The second kappa shape index (κ2) is 12.7.